The van der Waals surface area contributed by atoms with Crippen LogP contribution >= 0.6 is 0 Å². The first kappa shape index (κ1) is 18.3. The quantitative estimate of drug-likeness (QED) is 0.587. The Kier molecular flexibility index (Phi) is 5.60. The van der Waals surface area contributed by atoms with Crippen molar-refractivity contribution in [2.75, 3.05) is 13.1 Å². The van der Waals surface area contributed by atoms with Crippen molar-refractivity contribution < 1.29 is 9.72 Å². The number of nitro groups is 1. The summed E-state index contributed by atoms with van der Waals surface area (Å²) in [5.41, 5.74) is 5.00. The van der Waals surface area contributed by atoms with E-state index in [1.807, 2.05) is 6.92 Å². The zero-order valence-electron chi connectivity index (χ0n) is 13.9. The van der Waals surface area contributed by atoms with Gasteiger partial charge in [-0.2, -0.15) is 5.10 Å². The van der Waals surface area contributed by atoms with Crippen molar-refractivity contribution in [3.8, 4) is 5.69 Å². The van der Waals surface area contributed by atoms with E-state index in [-0.39, 0.29) is 23.0 Å². The number of para-hydroxylation sites is 2. The lowest BCUT2D eigenvalue weighted by Crippen LogP contribution is -2.35. The van der Waals surface area contributed by atoms with Gasteiger partial charge in [-0.3, -0.25) is 19.7 Å². The summed E-state index contributed by atoms with van der Waals surface area (Å²) >= 11 is 0. The molecule has 0 aliphatic heterocycles. The van der Waals surface area contributed by atoms with E-state index in [9.17, 15) is 19.7 Å². The molecule has 25 heavy (non-hydrogen) atoms. The van der Waals surface area contributed by atoms with Crippen LogP contribution < -0.4 is 16.5 Å². The lowest BCUT2D eigenvalue weighted by atomic mass is 10.2. The fourth-order valence-corrected chi connectivity index (χ4v) is 2.18. The van der Waals surface area contributed by atoms with Crippen LogP contribution in [0.4, 0.5) is 5.69 Å². The normalized spacial score (nSPS) is 11.8. The third-order valence-corrected chi connectivity index (χ3v) is 3.64. The number of aromatic nitrogens is 2. The van der Waals surface area contributed by atoms with Crippen LogP contribution in [0.5, 0.6) is 0 Å². The van der Waals surface area contributed by atoms with Crippen molar-refractivity contribution in [1.29, 1.82) is 0 Å². The fraction of sp³-hybridized carbons (Fsp3) is 0.312. The van der Waals surface area contributed by atoms with Gasteiger partial charge in [0, 0.05) is 24.4 Å². The van der Waals surface area contributed by atoms with E-state index in [0.717, 1.165) is 0 Å². The Morgan fingerprint density at radius 3 is 2.76 bits per heavy atom. The summed E-state index contributed by atoms with van der Waals surface area (Å²) in [6.45, 7) is 4.13. The first-order valence-corrected chi connectivity index (χ1v) is 7.68. The topological polar surface area (TPSA) is 133 Å². The summed E-state index contributed by atoms with van der Waals surface area (Å²) < 4.78 is 1.22. The summed E-state index contributed by atoms with van der Waals surface area (Å²) in [5.74, 6) is -0.593. The Morgan fingerprint density at radius 2 is 2.12 bits per heavy atom. The number of nitrogens with two attached hydrogens (primary N) is 1. The maximum atomic E-state index is 12.2. The number of benzene rings is 1. The van der Waals surface area contributed by atoms with Gasteiger partial charge in [0.15, 0.2) is 5.69 Å². The van der Waals surface area contributed by atoms with Crippen LogP contribution in [0.25, 0.3) is 5.69 Å². The number of hydrogen-bond acceptors (Lipinski definition) is 6. The molecule has 2 aromatic rings. The highest BCUT2D eigenvalue weighted by atomic mass is 16.6. The van der Waals surface area contributed by atoms with Crippen LogP contribution in [0.15, 0.2) is 35.1 Å². The molecule has 1 aromatic heterocycles. The number of carbonyl (C=O) groups is 1. The van der Waals surface area contributed by atoms with Gasteiger partial charge < -0.3 is 11.1 Å². The second-order valence-electron chi connectivity index (χ2n) is 5.71. The number of nitrogens with zero attached hydrogens (tertiary/aromatic N) is 3. The highest BCUT2D eigenvalue weighted by Gasteiger charge is 2.20. The van der Waals surface area contributed by atoms with Crippen LogP contribution in [0, 0.1) is 23.0 Å². The van der Waals surface area contributed by atoms with E-state index in [2.05, 4.69) is 10.4 Å². The van der Waals surface area contributed by atoms with Crippen molar-refractivity contribution in [2.24, 2.45) is 11.7 Å². The zero-order chi connectivity index (χ0) is 18.6. The molecule has 0 aliphatic carbocycles. The molecular weight excluding hydrogens is 326 g/mol. The lowest BCUT2D eigenvalue weighted by molar-refractivity contribution is -0.384. The van der Waals surface area contributed by atoms with Crippen molar-refractivity contribution in [2.45, 2.75) is 13.8 Å². The third kappa shape index (κ3) is 4.07. The van der Waals surface area contributed by atoms with Crippen LogP contribution in [-0.2, 0) is 0 Å². The van der Waals surface area contributed by atoms with Crippen molar-refractivity contribution in [1.82, 2.24) is 15.1 Å². The van der Waals surface area contributed by atoms with Crippen molar-refractivity contribution >= 4 is 11.6 Å². The van der Waals surface area contributed by atoms with E-state index in [1.165, 1.54) is 28.9 Å². The molecular formula is C16H19N5O4. The first-order chi connectivity index (χ1) is 11.8. The van der Waals surface area contributed by atoms with E-state index in [1.54, 1.807) is 13.0 Å². The molecule has 0 saturated heterocycles. The molecule has 3 N–H and O–H groups in total. The molecule has 0 bridgehead atoms. The molecule has 9 nitrogen and oxygen atoms in total. The smallest absolute Gasteiger partial charge is 0.294 e. The number of rotatable bonds is 6. The van der Waals surface area contributed by atoms with Gasteiger partial charge >= 0.3 is 0 Å². The van der Waals surface area contributed by atoms with Crippen molar-refractivity contribution in [3.05, 3.63) is 62.1 Å². The van der Waals surface area contributed by atoms with Crippen LogP contribution in [-0.4, -0.2) is 33.7 Å². The minimum atomic E-state index is -0.641. The average molecular weight is 345 g/mol. The summed E-state index contributed by atoms with van der Waals surface area (Å²) in [6, 6.07) is 7.20. The molecule has 0 spiro atoms. The SMILES string of the molecule is Cc1cc(=O)c(C(=O)NCC(C)CN)nn1-c1ccccc1[N+](=O)[O-]. The Balaban J connectivity index is 2.47. The van der Waals surface area contributed by atoms with Gasteiger partial charge in [0.2, 0.25) is 5.43 Å². The van der Waals surface area contributed by atoms with Gasteiger partial charge in [0.1, 0.15) is 5.69 Å². The van der Waals surface area contributed by atoms with Gasteiger partial charge in [-0.1, -0.05) is 19.1 Å². The Morgan fingerprint density at radius 1 is 1.44 bits per heavy atom. The lowest BCUT2D eigenvalue weighted by Gasteiger charge is -2.12. The monoisotopic (exact) mass is 345 g/mol. The van der Waals surface area contributed by atoms with E-state index >= 15 is 0 Å². The van der Waals surface area contributed by atoms with E-state index < -0.39 is 16.3 Å². The minimum Gasteiger partial charge on any atom is -0.350 e. The van der Waals surface area contributed by atoms with E-state index in [4.69, 9.17) is 5.73 Å². The molecule has 1 atom stereocenters. The summed E-state index contributed by atoms with van der Waals surface area (Å²) in [5, 5.41) is 17.9. The highest BCUT2D eigenvalue weighted by Crippen LogP contribution is 2.22. The summed E-state index contributed by atoms with van der Waals surface area (Å²) in [6.07, 6.45) is 0. The maximum Gasteiger partial charge on any atom is 0.294 e. The van der Waals surface area contributed by atoms with Gasteiger partial charge in [-0.05, 0) is 25.5 Å². The zero-order valence-corrected chi connectivity index (χ0v) is 13.9. The number of aryl methyl sites for hydroxylation is 1. The second kappa shape index (κ2) is 7.67. The highest BCUT2D eigenvalue weighted by molar-refractivity contribution is 5.92. The molecule has 0 saturated carbocycles. The molecule has 9 heteroatoms. The van der Waals surface area contributed by atoms with Crippen LogP contribution in [0.1, 0.15) is 23.1 Å². The molecule has 1 unspecified atom stereocenters. The largest absolute Gasteiger partial charge is 0.350 e. The predicted molar refractivity (Wildman–Crippen MR) is 91.8 cm³/mol. The first-order valence-electron chi connectivity index (χ1n) is 7.68. The molecule has 132 valence electrons. The Labute approximate surface area is 143 Å². The number of hydrogen-bond donors (Lipinski definition) is 2. The van der Waals surface area contributed by atoms with Gasteiger partial charge in [0.05, 0.1) is 4.92 Å². The van der Waals surface area contributed by atoms with Gasteiger partial charge in [0.25, 0.3) is 11.6 Å². The maximum absolute atomic E-state index is 12.2. The number of nitro benzene ring substituents is 1. The average Bonchev–Trinajstić information content (AvgIpc) is 2.59. The molecule has 1 heterocycles. The van der Waals surface area contributed by atoms with Gasteiger partial charge in [-0.25, -0.2) is 4.68 Å². The fourth-order valence-electron chi connectivity index (χ4n) is 2.18. The molecule has 2 rings (SSSR count). The summed E-state index contributed by atoms with van der Waals surface area (Å²) in [7, 11) is 0. The molecule has 1 aromatic carbocycles. The molecule has 0 fully saturated rings. The Bertz CT molecular complexity index is 862. The minimum absolute atomic E-state index is 0.0480. The van der Waals surface area contributed by atoms with Crippen LogP contribution in [0.3, 0.4) is 0 Å². The number of amides is 1. The Hall–Kier alpha value is -3.07. The van der Waals surface area contributed by atoms with Gasteiger partial charge in [-0.15, -0.1) is 0 Å². The summed E-state index contributed by atoms with van der Waals surface area (Å²) in [4.78, 5) is 35.0. The third-order valence-electron chi connectivity index (χ3n) is 3.64. The standard InChI is InChI=1S/C16H19N5O4/c1-10(8-17)9-18-16(23)15-14(22)7-11(2)20(19-15)12-5-3-4-6-13(12)21(24)25/h3-7,10H,8-9,17H2,1-2H3,(H,18,23). The van der Waals surface area contributed by atoms with E-state index in [0.29, 0.717) is 18.8 Å². The molecule has 0 aliphatic rings. The van der Waals surface area contributed by atoms with Crippen LogP contribution in [0.2, 0.25) is 0 Å². The second-order valence-corrected chi connectivity index (χ2v) is 5.71. The van der Waals surface area contributed by atoms with Crippen molar-refractivity contribution in [3.63, 3.8) is 0 Å². The number of carbonyl (C=O) groups excluding carboxylic acids is 1. The predicted octanol–water partition coefficient (Wildman–Crippen LogP) is 0.774. The number of nitrogens with one attached hydrogen (secondary N) is 1. The molecule has 1 amide bonds. The molecule has 0 radical (unpaired) electrons.